The van der Waals surface area contributed by atoms with Gasteiger partial charge in [0.15, 0.2) is 17.8 Å². The van der Waals surface area contributed by atoms with E-state index >= 15 is 0 Å². The predicted molar refractivity (Wildman–Crippen MR) is 144 cm³/mol. The first-order valence-corrected chi connectivity index (χ1v) is 13.3. The number of ether oxygens (including phenoxy) is 3. The van der Waals surface area contributed by atoms with Gasteiger partial charge in [-0.25, -0.2) is 4.98 Å². The number of fused-ring (bicyclic) bond motifs is 6. The van der Waals surface area contributed by atoms with Crippen LogP contribution in [-0.2, 0) is 36.5 Å². The van der Waals surface area contributed by atoms with Gasteiger partial charge in [0.2, 0.25) is 6.79 Å². The van der Waals surface area contributed by atoms with Crippen LogP contribution in [0.15, 0.2) is 53.3 Å². The summed E-state index contributed by atoms with van der Waals surface area (Å²) in [5, 5.41) is 26.3. The standard InChI is InChI=1S/C30H29N3O6/c1-2-30(36)22-11-24-27-20(14-33(24)28(34)21(22)15-37-29(30)35)19(13-31-9-8-17-6-4-3-5-7-17)18-10-25-26(39-16-38-25)12-23(18)32-27/h3-7,10-12,29,31,35-36H,2,8-9,13-16H2,1H3/t29?,30-/m0/s1. The zero-order chi connectivity index (χ0) is 26.7. The molecular formula is C30H29N3O6. The van der Waals surface area contributed by atoms with Crippen LogP contribution in [0.1, 0.15) is 41.2 Å². The third-order valence-corrected chi connectivity index (χ3v) is 8.19. The lowest BCUT2D eigenvalue weighted by Crippen LogP contribution is -2.47. The fourth-order valence-electron chi connectivity index (χ4n) is 5.96. The molecule has 2 atom stereocenters. The molecule has 39 heavy (non-hydrogen) atoms. The van der Waals surface area contributed by atoms with E-state index in [1.54, 1.807) is 17.6 Å². The number of aromatic nitrogens is 2. The molecule has 3 N–H and O–H groups in total. The van der Waals surface area contributed by atoms with Gasteiger partial charge in [0.05, 0.1) is 30.1 Å². The number of pyridine rings is 2. The van der Waals surface area contributed by atoms with Gasteiger partial charge in [-0.3, -0.25) is 4.79 Å². The average molecular weight is 528 g/mol. The van der Waals surface area contributed by atoms with Gasteiger partial charge in [0.1, 0.15) is 5.60 Å². The molecule has 3 aliphatic heterocycles. The maximum absolute atomic E-state index is 13.7. The Morgan fingerprint density at radius 1 is 1.13 bits per heavy atom. The molecule has 4 aromatic rings. The van der Waals surface area contributed by atoms with Gasteiger partial charge < -0.3 is 34.3 Å². The second-order valence-corrected chi connectivity index (χ2v) is 10.3. The summed E-state index contributed by atoms with van der Waals surface area (Å²) in [5.74, 6) is 1.32. The van der Waals surface area contributed by atoms with Crippen LogP contribution in [-0.4, -0.2) is 39.4 Å². The van der Waals surface area contributed by atoms with Crippen LogP contribution in [0.2, 0.25) is 0 Å². The number of aliphatic hydroxyl groups is 2. The van der Waals surface area contributed by atoms with Crippen molar-refractivity contribution in [2.24, 2.45) is 0 Å². The highest BCUT2D eigenvalue weighted by atomic mass is 16.7. The molecule has 2 aromatic carbocycles. The Balaban J connectivity index is 1.34. The minimum Gasteiger partial charge on any atom is -0.454 e. The Morgan fingerprint density at radius 2 is 1.92 bits per heavy atom. The van der Waals surface area contributed by atoms with Crippen LogP contribution in [0.4, 0.5) is 0 Å². The minimum atomic E-state index is -1.67. The maximum atomic E-state index is 13.7. The summed E-state index contributed by atoms with van der Waals surface area (Å²) < 4.78 is 18.4. The van der Waals surface area contributed by atoms with Crippen LogP contribution < -0.4 is 20.3 Å². The predicted octanol–water partition coefficient (Wildman–Crippen LogP) is 2.93. The highest BCUT2D eigenvalue weighted by molar-refractivity contribution is 5.90. The molecule has 0 aliphatic carbocycles. The van der Waals surface area contributed by atoms with Gasteiger partial charge in [-0.2, -0.15) is 0 Å². The molecule has 200 valence electrons. The van der Waals surface area contributed by atoms with Gasteiger partial charge in [-0.1, -0.05) is 37.3 Å². The molecule has 0 radical (unpaired) electrons. The van der Waals surface area contributed by atoms with E-state index in [9.17, 15) is 15.0 Å². The topological polar surface area (TPSA) is 115 Å². The number of nitrogens with one attached hydrogen (secondary N) is 1. The SMILES string of the molecule is CC[C@]1(O)c2cc3n(c(=O)c2COC1O)Cc1c-3nc2cc3c(cc2c1CNCCc1ccccc1)OCO3. The van der Waals surface area contributed by atoms with Gasteiger partial charge in [0, 0.05) is 34.7 Å². The van der Waals surface area contributed by atoms with E-state index in [4.69, 9.17) is 19.2 Å². The van der Waals surface area contributed by atoms with Crippen molar-refractivity contribution in [2.45, 2.75) is 51.4 Å². The van der Waals surface area contributed by atoms with E-state index in [1.165, 1.54) is 5.56 Å². The normalized spacial score (nSPS) is 20.6. The largest absolute Gasteiger partial charge is 0.454 e. The number of hydrogen-bond donors (Lipinski definition) is 3. The summed E-state index contributed by atoms with van der Waals surface area (Å²) in [6.45, 7) is 3.59. The van der Waals surface area contributed by atoms with E-state index in [1.807, 2.05) is 30.3 Å². The fourth-order valence-corrected chi connectivity index (χ4v) is 5.96. The van der Waals surface area contributed by atoms with Crippen molar-refractivity contribution in [1.29, 1.82) is 0 Å². The van der Waals surface area contributed by atoms with Crippen molar-refractivity contribution in [3.63, 3.8) is 0 Å². The van der Waals surface area contributed by atoms with Crippen molar-refractivity contribution in [1.82, 2.24) is 14.9 Å². The second kappa shape index (κ2) is 9.17. The Kier molecular flexibility index (Phi) is 5.71. The van der Waals surface area contributed by atoms with E-state index < -0.39 is 11.9 Å². The van der Waals surface area contributed by atoms with Crippen LogP contribution in [0.25, 0.3) is 22.3 Å². The number of aliphatic hydroxyl groups excluding tert-OH is 1. The molecule has 0 spiro atoms. The lowest BCUT2D eigenvalue weighted by atomic mass is 9.85. The monoisotopic (exact) mass is 527 g/mol. The molecule has 1 unspecified atom stereocenters. The summed E-state index contributed by atoms with van der Waals surface area (Å²) in [5.41, 5.74) is 4.19. The van der Waals surface area contributed by atoms with Gasteiger partial charge in [-0.05, 0) is 42.6 Å². The number of nitrogens with zero attached hydrogens (tertiary/aromatic N) is 2. The molecule has 5 heterocycles. The highest BCUT2D eigenvalue weighted by Crippen LogP contribution is 2.43. The molecule has 9 heteroatoms. The smallest absolute Gasteiger partial charge is 0.257 e. The average Bonchev–Trinajstić information content (AvgIpc) is 3.57. The quantitative estimate of drug-likeness (QED) is 0.289. The molecule has 0 amide bonds. The molecule has 3 aliphatic rings. The van der Waals surface area contributed by atoms with Gasteiger partial charge >= 0.3 is 0 Å². The first-order chi connectivity index (χ1) is 19.0. The van der Waals surface area contributed by atoms with Crippen molar-refractivity contribution in [2.75, 3.05) is 13.3 Å². The second-order valence-electron chi connectivity index (χ2n) is 10.3. The summed E-state index contributed by atoms with van der Waals surface area (Å²) in [7, 11) is 0. The molecule has 2 aromatic heterocycles. The van der Waals surface area contributed by atoms with Crippen molar-refractivity contribution < 1.29 is 24.4 Å². The van der Waals surface area contributed by atoms with Crippen molar-refractivity contribution in [3.05, 3.63) is 86.7 Å². The van der Waals surface area contributed by atoms with Gasteiger partial charge in [0.25, 0.3) is 5.56 Å². The molecule has 0 bridgehead atoms. The van der Waals surface area contributed by atoms with E-state index in [2.05, 4.69) is 17.4 Å². The third kappa shape index (κ3) is 3.76. The van der Waals surface area contributed by atoms with Crippen LogP contribution >= 0.6 is 0 Å². The lowest BCUT2D eigenvalue weighted by Gasteiger charge is -2.37. The van der Waals surface area contributed by atoms with Crippen molar-refractivity contribution >= 4 is 10.9 Å². The summed E-state index contributed by atoms with van der Waals surface area (Å²) >= 11 is 0. The number of rotatable bonds is 6. The summed E-state index contributed by atoms with van der Waals surface area (Å²) in [4.78, 5) is 18.7. The Labute approximate surface area is 224 Å². The summed E-state index contributed by atoms with van der Waals surface area (Å²) in [6, 6.07) is 16.0. The maximum Gasteiger partial charge on any atom is 0.257 e. The third-order valence-electron chi connectivity index (χ3n) is 8.19. The lowest BCUT2D eigenvalue weighted by molar-refractivity contribution is -0.236. The molecule has 7 rings (SSSR count). The molecule has 9 nitrogen and oxygen atoms in total. The fraction of sp³-hybridized carbons (Fsp3) is 0.333. The van der Waals surface area contributed by atoms with E-state index in [0.717, 1.165) is 35.0 Å². The highest BCUT2D eigenvalue weighted by Gasteiger charge is 2.44. The Bertz CT molecular complexity index is 1670. The molecule has 0 fully saturated rings. The number of hydrogen-bond acceptors (Lipinski definition) is 8. The first-order valence-electron chi connectivity index (χ1n) is 13.3. The van der Waals surface area contributed by atoms with E-state index in [-0.39, 0.29) is 25.4 Å². The van der Waals surface area contributed by atoms with Crippen LogP contribution in [0.3, 0.4) is 0 Å². The zero-order valence-corrected chi connectivity index (χ0v) is 21.6. The number of benzene rings is 2. The van der Waals surface area contributed by atoms with Crippen LogP contribution in [0, 0.1) is 0 Å². The Morgan fingerprint density at radius 3 is 2.72 bits per heavy atom. The molecular weight excluding hydrogens is 498 g/mol. The Hall–Kier alpha value is -3.76. The molecule has 0 saturated heterocycles. The first kappa shape index (κ1) is 24.3. The van der Waals surface area contributed by atoms with Crippen molar-refractivity contribution in [3.8, 4) is 22.9 Å². The summed E-state index contributed by atoms with van der Waals surface area (Å²) in [6.07, 6.45) is -0.322. The zero-order valence-electron chi connectivity index (χ0n) is 21.6. The molecule has 0 saturated carbocycles. The van der Waals surface area contributed by atoms with Gasteiger partial charge in [-0.15, -0.1) is 0 Å². The van der Waals surface area contributed by atoms with Crippen LogP contribution in [0.5, 0.6) is 11.5 Å². The minimum absolute atomic E-state index is 0.0566. The van der Waals surface area contributed by atoms with E-state index in [0.29, 0.717) is 47.1 Å².